The summed E-state index contributed by atoms with van der Waals surface area (Å²) >= 11 is 0. The van der Waals surface area contributed by atoms with Crippen LogP contribution in [0.4, 0.5) is 0 Å². The molecule has 0 amide bonds. The first kappa shape index (κ1) is 25.3. The Labute approximate surface area is 196 Å². The fourth-order valence-corrected chi connectivity index (χ4v) is 4.19. The van der Waals surface area contributed by atoms with Gasteiger partial charge in [-0.3, -0.25) is 4.57 Å². The average molecular weight is 472 g/mol. The fraction of sp³-hybridized carbons (Fsp3) is 0.385. The molecule has 0 aliphatic carbocycles. The molecule has 0 bridgehead atoms. The maximum absolute atomic E-state index is 10.9. The van der Waals surface area contributed by atoms with Gasteiger partial charge in [0.2, 0.25) is 0 Å². The van der Waals surface area contributed by atoms with Crippen LogP contribution in [0.1, 0.15) is 42.4 Å². The Morgan fingerprint density at radius 1 is 0.970 bits per heavy atom. The van der Waals surface area contributed by atoms with Crippen molar-refractivity contribution in [2.24, 2.45) is 0 Å². The third-order valence-corrected chi connectivity index (χ3v) is 6.35. The van der Waals surface area contributed by atoms with Crippen LogP contribution in [0.2, 0.25) is 0 Å². The molecular formula is C26H34NO5P. The van der Waals surface area contributed by atoms with Crippen LogP contribution < -0.4 is 10.1 Å². The van der Waals surface area contributed by atoms with Gasteiger partial charge in [0.15, 0.2) is 0 Å². The topological polar surface area (TPSA) is 91.9 Å². The Hall–Kier alpha value is -2.37. The second-order valence-corrected chi connectivity index (χ2v) is 10.1. The Morgan fingerprint density at radius 3 is 2.48 bits per heavy atom. The lowest BCUT2D eigenvalue weighted by atomic mass is 10.1. The predicted octanol–water partition coefficient (Wildman–Crippen LogP) is 5.70. The largest absolute Gasteiger partial charge is 0.493 e. The molecule has 0 aliphatic heterocycles. The summed E-state index contributed by atoms with van der Waals surface area (Å²) in [6.45, 7) is 3.91. The molecule has 3 N–H and O–H groups in total. The van der Waals surface area contributed by atoms with Crippen molar-refractivity contribution in [1.82, 2.24) is 5.32 Å². The first-order valence-electron chi connectivity index (χ1n) is 11.5. The summed E-state index contributed by atoms with van der Waals surface area (Å²) < 4.78 is 22.6. The highest BCUT2D eigenvalue weighted by Crippen LogP contribution is 2.34. The zero-order chi connectivity index (χ0) is 23.5. The number of nitrogens with one attached hydrogen (secondary N) is 1. The van der Waals surface area contributed by atoms with E-state index < -0.39 is 7.60 Å². The van der Waals surface area contributed by atoms with Crippen LogP contribution in [0.3, 0.4) is 0 Å². The van der Waals surface area contributed by atoms with Gasteiger partial charge in [-0.1, -0.05) is 35.9 Å². The molecule has 0 aliphatic rings. The highest BCUT2D eigenvalue weighted by atomic mass is 31.2. The van der Waals surface area contributed by atoms with Gasteiger partial charge >= 0.3 is 7.60 Å². The van der Waals surface area contributed by atoms with Crippen LogP contribution in [-0.4, -0.2) is 29.1 Å². The third-order valence-electron chi connectivity index (χ3n) is 5.45. The number of rotatable bonds is 14. The Balaban J connectivity index is 1.46. The predicted molar refractivity (Wildman–Crippen MR) is 132 cm³/mol. The standard InChI is InChI=1S/C26H34NO5P/c1-21-9-11-22(12-10-21)7-3-2-4-16-31-26-14-13-23(19-24(26)25-8-5-17-32-25)20-27-15-6-18-33(28,29)30/h5,8-14,17,19,27H,2-4,6-7,15-16,18,20H2,1H3,(H2,28,29,30). The molecule has 3 aromatic rings. The van der Waals surface area contributed by atoms with E-state index in [1.54, 1.807) is 6.26 Å². The lowest BCUT2D eigenvalue weighted by Crippen LogP contribution is -2.16. The van der Waals surface area contributed by atoms with Crippen LogP contribution in [0.5, 0.6) is 5.75 Å². The van der Waals surface area contributed by atoms with E-state index in [4.69, 9.17) is 18.9 Å². The molecule has 1 heterocycles. The van der Waals surface area contributed by atoms with Crippen LogP contribution in [0.15, 0.2) is 65.3 Å². The molecule has 33 heavy (non-hydrogen) atoms. The van der Waals surface area contributed by atoms with Gasteiger partial charge in [0.25, 0.3) is 0 Å². The van der Waals surface area contributed by atoms with Crippen molar-refractivity contribution in [2.75, 3.05) is 19.3 Å². The maximum atomic E-state index is 10.9. The molecule has 0 saturated carbocycles. The molecule has 2 aromatic carbocycles. The van der Waals surface area contributed by atoms with Crippen LogP contribution in [0, 0.1) is 6.92 Å². The first-order valence-corrected chi connectivity index (χ1v) is 13.3. The van der Waals surface area contributed by atoms with Crippen LogP contribution >= 0.6 is 7.60 Å². The second-order valence-electron chi connectivity index (χ2n) is 8.37. The van der Waals surface area contributed by atoms with Gasteiger partial charge in [0.05, 0.1) is 24.6 Å². The van der Waals surface area contributed by atoms with Crippen molar-refractivity contribution in [3.63, 3.8) is 0 Å². The number of furan rings is 1. The molecule has 7 heteroatoms. The highest BCUT2D eigenvalue weighted by molar-refractivity contribution is 7.51. The quantitative estimate of drug-likeness (QED) is 0.206. The summed E-state index contributed by atoms with van der Waals surface area (Å²) in [6, 6.07) is 18.5. The number of aryl methyl sites for hydroxylation is 2. The lowest BCUT2D eigenvalue weighted by Gasteiger charge is -2.13. The number of hydrogen-bond acceptors (Lipinski definition) is 4. The number of benzene rings is 2. The van der Waals surface area contributed by atoms with Crippen molar-refractivity contribution in [2.45, 2.75) is 45.6 Å². The minimum absolute atomic E-state index is 0.102. The van der Waals surface area contributed by atoms with Gasteiger partial charge in [-0.15, -0.1) is 0 Å². The summed E-state index contributed by atoms with van der Waals surface area (Å²) in [5.41, 5.74) is 4.64. The van der Waals surface area contributed by atoms with E-state index in [0.717, 1.165) is 48.3 Å². The van der Waals surface area contributed by atoms with Crippen molar-refractivity contribution < 1.29 is 23.5 Å². The number of unbranched alkanes of at least 4 members (excludes halogenated alkanes) is 2. The molecular weight excluding hydrogens is 437 g/mol. The van der Waals surface area contributed by atoms with E-state index in [1.165, 1.54) is 11.1 Å². The highest BCUT2D eigenvalue weighted by Gasteiger charge is 2.12. The molecule has 0 spiro atoms. The molecule has 178 valence electrons. The average Bonchev–Trinajstić information content (AvgIpc) is 3.32. The molecule has 3 rings (SSSR count). The molecule has 0 radical (unpaired) electrons. The van der Waals surface area contributed by atoms with Crippen molar-refractivity contribution in [1.29, 1.82) is 0 Å². The smallest absolute Gasteiger partial charge is 0.325 e. The van der Waals surface area contributed by atoms with E-state index in [0.29, 0.717) is 26.1 Å². The minimum Gasteiger partial charge on any atom is -0.493 e. The zero-order valence-corrected chi connectivity index (χ0v) is 20.1. The molecule has 1 aromatic heterocycles. The van der Waals surface area contributed by atoms with Crippen LogP contribution in [0.25, 0.3) is 11.3 Å². The normalized spacial score (nSPS) is 11.6. The Bertz CT molecular complexity index is 1010. The summed E-state index contributed by atoms with van der Waals surface area (Å²) in [7, 11) is -3.93. The number of hydrogen-bond donors (Lipinski definition) is 3. The van der Waals surface area contributed by atoms with Crippen molar-refractivity contribution in [3.05, 3.63) is 77.6 Å². The van der Waals surface area contributed by atoms with Gasteiger partial charge < -0.3 is 24.3 Å². The van der Waals surface area contributed by atoms with E-state index in [2.05, 4.69) is 36.5 Å². The zero-order valence-electron chi connectivity index (χ0n) is 19.2. The maximum Gasteiger partial charge on any atom is 0.325 e. The summed E-state index contributed by atoms with van der Waals surface area (Å²) in [6.07, 6.45) is 6.32. The second kappa shape index (κ2) is 12.8. The Kier molecular flexibility index (Phi) is 9.76. The first-order chi connectivity index (χ1) is 15.9. The molecule has 0 fully saturated rings. The minimum atomic E-state index is -3.93. The van der Waals surface area contributed by atoms with E-state index in [-0.39, 0.29) is 6.16 Å². The molecule has 0 saturated heterocycles. The lowest BCUT2D eigenvalue weighted by molar-refractivity contribution is 0.305. The monoisotopic (exact) mass is 471 g/mol. The number of ether oxygens (including phenoxy) is 1. The van der Waals surface area contributed by atoms with Gasteiger partial charge in [-0.2, -0.15) is 0 Å². The van der Waals surface area contributed by atoms with E-state index >= 15 is 0 Å². The molecule has 6 nitrogen and oxygen atoms in total. The van der Waals surface area contributed by atoms with Crippen molar-refractivity contribution in [3.8, 4) is 17.1 Å². The summed E-state index contributed by atoms with van der Waals surface area (Å²) in [5.74, 6) is 1.56. The van der Waals surface area contributed by atoms with Crippen molar-refractivity contribution >= 4 is 7.60 Å². The van der Waals surface area contributed by atoms with Gasteiger partial charge in [-0.05, 0) is 81.0 Å². The van der Waals surface area contributed by atoms with E-state index in [9.17, 15) is 4.57 Å². The summed E-state index contributed by atoms with van der Waals surface area (Å²) in [5, 5.41) is 3.23. The van der Waals surface area contributed by atoms with E-state index in [1.807, 2.05) is 30.3 Å². The summed E-state index contributed by atoms with van der Waals surface area (Å²) in [4.78, 5) is 17.9. The SMILES string of the molecule is Cc1ccc(CCCCCOc2ccc(CNCCCP(=O)(O)O)cc2-c2ccco2)cc1. The Morgan fingerprint density at radius 2 is 1.76 bits per heavy atom. The molecule has 0 unspecified atom stereocenters. The third kappa shape index (κ3) is 9.18. The molecule has 0 atom stereocenters. The fourth-order valence-electron chi connectivity index (χ4n) is 3.62. The van der Waals surface area contributed by atoms with Gasteiger partial charge in [0, 0.05) is 6.54 Å². The van der Waals surface area contributed by atoms with Gasteiger partial charge in [0.1, 0.15) is 11.5 Å². The van der Waals surface area contributed by atoms with Crippen LogP contribution in [-0.2, 0) is 17.5 Å². The van der Waals surface area contributed by atoms with Gasteiger partial charge in [-0.25, -0.2) is 0 Å².